The van der Waals surface area contributed by atoms with Crippen LogP contribution in [0.4, 0.5) is 0 Å². The van der Waals surface area contributed by atoms with Crippen molar-refractivity contribution in [3.8, 4) is 17.6 Å². The van der Waals surface area contributed by atoms with Gasteiger partial charge in [0.25, 0.3) is 10.0 Å². The first kappa shape index (κ1) is 33.3. The van der Waals surface area contributed by atoms with Crippen LogP contribution in [0.25, 0.3) is 10.1 Å². The topological polar surface area (TPSA) is 177 Å². The zero-order valence-corrected chi connectivity index (χ0v) is 27.8. The number of aromatic nitrogens is 1. The first-order chi connectivity index (χ1) is 21.5. The molecule has 2 bridgehead atoms. The molecule has 1 aromatic carbocycles. The summed E-state index contributed by atoms with van der Waals surface area (Å²) in [7, 11) is -8.50. The van der Waals surface area contributed by atoms with Crippen LogP contribution in [0.2, 0.25) is 0 Å². The Morgan fingerprint density at radius 1 is 1.13 bits per heavy atom. The van der Waals surface area contributed by atoms with Gasteiger partial charge in [0.05, 0.1) is 32.2 Å². The van der Waals surface area contributed by atoms with Crippen LogP contribution in [0.3, 0.4) is 0 Å². The van der Waals surface area contributed by atoms with E-state index in [9.17, 15) is 17.9 Å². The van der Waals surface area contributed by atoms with Gasteiger partial charge in [0.2, 0.25) is 0 Å². The summed E-state index contributed by atoms with van der Waals surface area (Å²) in [6.07, 6.45) is 3.71. The molecule has 2 aromatic heterocycles. The van der Waals surface area contributed by atoms with Crippen molar-refractivity contribution >= 4 is 45.4 Å². The molecule has 4 N–H and O–H groups in total. The van der Waals surface area contributed by atoms with Crippen LogP contribution in [0.5, 0.6) is 11.5 Å². The van der Waals surface area contributed by atoms with E-state index >= 15 is 0 Å². The maximum Gasteiger partial charge on any atom is 0.391 e. The summed E-state index contributed by atoms with van der Waals surface area (Å²) < 4.78 is 55.4. The quantitative estimate of drug-likeness (QED) is 0.0718. The molecular formula is C29H40N7O6PS2+2. The standard InChI is InChI=1S/C29H39N7O6PS2/c1-23-27-18-25(41-17-3-10-36-14-11-35(12-15-36,13-16-36)9-2-8-32-21-31)6-7-28(27)44-29(23)45(39,40)34-22-43(37,38)42-26-5-4-24(19-30)33-20-26/h4-7,18,20-21,34H,2-3,8-17,22H2,1H3,(H2-,31,32,37,38)/q+1/p+1. The molecule has 45 heavy (non-hydrogen) atoms. The molecule has 3 fully saturated rings. The van der Waals surface area contributed by atoms with Gasteiger partial charge in [0.1, 0.15) is 73.0 Å². The number of nitriles is 1. The van der Waals surface area contributed by atoms with Crippen LogP contribution < -0.4 is 19.7 Å². The van der Waals surface area contributed by atoms with Gasteiger partial charge in [-0.1, -0.05) is 0 Å². The lowest BCUT2D eigenvalue weighted by Crippen LogP contribution is -2.75. The fourth-order valence-corrected chi connectivity index (χ4v) is 10.5. The Bertz CT molecular complexity index is 1720. The van der Waals surface area contributed by atoms with E-state index in [2.05, 4.69) is 14.7 Å². The van der Waals surface area contributed by atoms with Crippen LogP contribution in [0.1, 0.15) is 24.1 Å². The number of sulfonamides is 1. The van der Waals surface area contributed by atoms with Crippen LogP contribution in [-0.2, 0) is 14.6 Å². The first-order valence-corrected chi connectivity index (χ1v) is 19.0. The molecule has 0 amide bonds. The summed E-state index contributed by atoms with van der Waals surface area (Å²) in [4.78, 5) is 18.1. The monoisotopic (exact) mass is 677 g/mol. The highest BCUT2D eigenvalue weighted by Gasteiger charge is 2.48. The minimum absolute atomic E-state index is 0.0531. The van der Waals surface area contributed by atoms with E-state index in [0.717, 1.165) is 58.0 Å². The Labute approximate surface area is 267 Å². The van der Waals surface area contributed by atoms with Gasteiger partial charge in [-0.2, -0.15) is 9.98 Å². The number of rotatable bonds is 15. The molecule has 3 aromatic rings. The zero-order chi connectivity index (χ0) is 32.1. The number of thiophene rings is 1. The lowest BCUT2D eigenvalue weighted by atomic mass is 10.1. The lowest BCUT2D eigenvalue weighted by Gasteiger charge is -2.55. The van der Waals surface area contributed by atoms with Gasteiger partial charge in [-0.15, -0.1) is 11.3 Å². The predicted octanol–water partition coefficient (Wildman–Crippen LogP) is 2.78. The average molecular weight is 678 g/mol. The highest BCUT2D eigenvalue weighted by molar-refractivity contribution is 7.92. The molecule has 242 valence electrons. The molecule has 3 aliphatic rings. The molecule has 0 saturated carbocycles. The Hall–Kier alpha value is -3.09. The molecule has 0 aliphatic carbocycles. The molecular weight excluding hydrogens is 637 g/mol. The summed E-state index contributed by atoms with van der Waals surface area (Å²) >= 11 is 1.08. The molecule has 0 spiro atoms. The van der Waals surface area contributed by atoms with Gasteiger partial charge < -0.3 is 28.9 Å². The van der Waals surface area contributed by atoms with Gasteiger partial charge in [0.15, 0.2) is 0 Å². The van der Waals surface area contributed by atoms with Crippen molar-refractivity contribution in [2.75, 3.05) is 71.8 Å². The molecule has 0 radical (unpaired) electrons. The summed E-state index contributed by atoms with van der Waals surface area (Å²) in [6, 6.07) is 10.0. The van der Waals surface area contributed by atoms with E-state index in [4.69, 9.17) is 20.3 Å². The van der Waals surface area contributed by atoms with Crippen molar-refractivity contribution in [1.82, 2.24) is 9.71 Å². The smallest absolute Gasteiger partial charge is 0.391 e. The summed E-state index contributed by atoms with van der Waals surface area (Å²) in [5, 5.41) is 9.59. The van der Waals surface area contributed by atoms with Crippen LogP contribution in [0.15, 0.2) is 45.7 Å². The van der Waals surface area contributed by atoms with E-state index in [1.54, 1.807) is 6.92 Å². The lowest BCUT2D eigenvalue weighted by molar-refractivity contribution is -1.08. The van der Waals surface area contributed by atoms with Gasteiger partial charge in [-0.05, 0) is 42.8 Å². The number of ether oxygens (including phenoxy) is 1. The van der Waals surface area contributed by atoms with E-state index in [0.29, 0.717) is 17.9 Å². The Morgan fingerprint density at radius 2 is 1.80 bits per heavy atom. The molecule has 13 nitrogen and oxygen atoms in total. The highest BCUT2D eigenvalue weighted by atomic mass is 32.2. The third-order valence-electron chi connectivity index (χ3n) is 8.88. The number of quaternary nitrogens is 2. The minimum atomic E-state index is -4.39. The number of hydrogen-bond acceptors (Lipinski definition) is 9. The third kappa shape index (κ3) is 8.01. The SMILES string of the molecule is Cc1c(S(=O)(=O)NCP(=O)(O)Oc2ccc(C#N)nc2)sc2ccc(OCCC[N+]34CC[N+](CCCN=CN)(CC3)CC4)cc12. The number of hydrogen-bond donors (Lipinski definition) is 3. The number of benzene rings is 1. The Balaban J connectivity index is 1.13. The second-order valence-electron chi connectivity index (χ2n) is 11.8. The van der Waals surface area contributed by atoms with Crippen molar-refractivity contribution in [2.45, 2.75) is 24.0 Å². The number of piperazine rings is 3. The number of fused-ring (bicyclic) bond motifs is 4. The van der Waals surface area contributed by atoms with E-state index in [-0.39, 0.29) is 15.7 Å². The summed E-state index contributed by atoms with van der Waals surface area (Å²) in [6.45, 7) is 12.6. The van der Waals surface area contributed by atoms with Crippen LogP contribution >= 0.6 is 18.9 Å². The second-order valence-corrected chi connectivity index (χ2v) is 16.6. The summed E-state index contributed by atoms with van der Waals surface area (Å²) in [5.74, 6) is 0.625. The van der Waals surface area contributed by atoms with Gasteiger partial charge >= 0.3 is 7.60 Å². The maximum atomic E-state index is 13.1. The number of aliphatic imine (C=N–C) groups is 1. The molecule has 1 atom stereocenters. The zero-order valence-electron chi connectivity index (χ0n) is 25.3. The molecule has 6 rings (SSSR count). The van der Waals surface area contributed by atoms with E-state index in [1.807, 2.05) is 24.3 Å². The predicted molar refractivity (Wildman–Crippen MR) is 173 cm³/mol. The molecule has 1 unspecified atom stereocenters. The van der Waals surface area contributed by atoms with Crippen molar-refractivity contribution in [1.29, 1.82) is 5.26 Å². The number of nitrogens with two attached hydrogens (primary N) is 1. The molecule has 5 heterocycles. The maximum absolute atomic E-state index is 13.1. The fraction of sp³-hybridized carbons (Fsp3) is 0.483. The minimum Gasteiger partial charge on any atom is -0.493 e. The number of nitrogens with zero attached hydrogens (tertiary/aromatic N) is 5. The van der Waals surface area contributed by atoms with Crippen molar-refractivity contribution in [3.05, 3.63) is 47.8 Å². The largest absolute Gasteiger partial charge is 0.493 e. The molecule has 3 aliphatic heterocycles. The second kappa shape index (κ2) is 13.7. The van der Waals surface area contributed by atoms with Gasteiger partial charge in [0, 0.05) is 29.5 Å². The van der Waals surface area contributed by atoms with E-state index < -0.39 is 23.9 Å². The Kier molecular flexibility index (Phi) is 10.1. The van der Waals surface area contributed by atoms with Crippen molar-refractivity contribution in [2.24, 2.45) is 10.7 Å². The van der Waals surface area contributed by atoms with Gasteiger partial charge in [-0.25, -0.2) is 18.0 Å². The first-order valence-electron chi connectivity index (χ1n) is 14.9. The Morgan fingerprint density at radius 3 is 2.42 bits per heavy atom. The fourth-order valence-electron chi connectivity index (χ4n) is 6.23. The number of aryl methyl sites for hydroxylation is 1. The van der Waals surface area contributed by atoms with Crippen molar-refractivity contribution in [3.63, 3.8) is 0 Å². The highest BCUT2D eigenvalue weighted by Crippen LogP contribution is 2.42. The third-order valence-corrected chi connectivity index (χ3v) is 13.4. The normalized spacial score (nSPS) is 22.8. The molecule has 16 heteroatoms. The summed E-state index contributed by atoms with van der Waals surface area (Å²) in [5.41, 5.74) is 6.02. The van der Waals surface area contributed by atoms with Crippen LogP contribution in [-0.4, -0.2) is 105 Å². The average Bonchev–Trinajstić information content (AvgIpc) is 3.38. The van der Waals surface area contributed by atoms with Crippen molar-refractivity contribution < 1.29 is 36.1 Å². The number of pyridine rings is 1. The van der Waals surface area contributed by atoms with E-state index in [1.165, 1.54) is 68.8 Å². The molecule has 3 saturated heterocycles. The van der Waals surface area contributed by atoms with Crippen LogP contribution in [0, 0.1) is 18.3 Å². The van der Waals surface area contributed by atoms with Gasteiger partial charge in [-0.3, -0.25) is 4.99 Å². The number of nitrogens with one attached hydrogen (secondary N) is 1.